The lowest BCUT2D eigenvalue weighted by Crippen LogP contribution is -2.35. The van der Waals surface area contributed by atoms with Crippen molar-refractivity contribution in [3.8, 4) is 11.5 Å². The first-order valence-corrected chi connectivity index (χ1v) is 11.2. The zero-order chi connectivity index (χ0) is 19.5. The lowest BCUT2D eigenvalue weighted by atomic mass is 9.97. The number of anilines is 2. The summed E-state index contributed by atoms with van der Waals surface area (Å²) in [4.78, 5) is 22.6. The van der Waals surface area contributed by atoms with Crippen molar-refractivity contribution in [3.05, 3.63) is 42.7 Å². The molecular formula is C20H23N7OS. The molecule has 0 radical (unpaired) electrons. The highest BCUT2D eigenvalue weighted by Crippen LogP contribution is 2.30. The summed E-state index contributed by atoms with van der Waals surface area (Å²) in [5, 5.41) is 4.11. The molecule has 150 valence electrons. The molecule has 8 nitrogen and oxygen atoms in total. The summed E-state index contributed by atoms with van der Waals surface area (Å²) in [6.45, 7) is 3.94. The Morgan fingerprint density at radius 2 is 1.69 bits per heavy atom. The summed E-state index contributed by atoms with van der Waals surface area (Å²) in [5.74, 6) is 5.91. The maximum Gasteiger partial charge on any atom is 0.230 e. The van der Waals surface area contributed by atoms with Gasteiger partial charge in [-0.05, 0) is 25.0 Å². The van der Waals surface area contributed by atoms with Crippen LogP contribution in [0.5, 0.6) is 0 Å². The van der Waals surface area contributed by atoms with Gasteiger partial charge in [0.05, 0.1) is 0 Å². The maximum atomic E-state index is 5.54. The molecule has 0 amide bonds. The predicted octanol–water partition coefficient (Wildman–Crippen LogP) is 2.86. The second-order valence-electron chi connectivity index (χ2n) is 7.27. The Labute approximate surface area is 173 Å². The normalized spacial score (nSPS) is 18.2. The molecular weight excluding hydrogens is 386 g/mol. The number of hydrogen-bond donors (Lipinski definition) is 0. The van der Waals surface area contributed by atoms with Crippen LogP contribution in [0.3, 0.4) is 0 Å². The molecule has 2 fully saturated rings. The number of piperidine rings is 1. The lowest BCUT2D eigenvalue weighted by molar-refractivity contribution is 0.329. The maximum absolute atomic E-state index is 5.54. The van der Waals surface area contributed by atoms with Crippen LogP contribution in [0.15, 0.2) is 41.3 Å². The fourth-order valence-electron chi connectivity index (χ4n) is 3.83. The Kier molecular flexibility index (Phi) is 5.29. The van der Waals surface area contributed by atoms with E-state index < -0.39 is 0 Å². The first-order chi connectivity index (χ1) is 14.4. The van der Waals surface area contributed by atoms with Gasteiger partial charge in [0.1, 0.15) is 23.7 Å². The van der Waals surface area contributed by atoms with E-state index in [1.807, 2.05) is 30.0 Å². The third-order valence-corrected chi connectivity index (χ3v) is 6.42. The molecule has 0 aliphatic carbocycles. The van der Waals surface area contributed by atoms with Crippen LogP contribution in [0.4, 0.5) is 11.6 Å². The topological polar surface area (TPSA) is 84.1 Å². The molecule has 2 saturated heterocycles. The van der Waals surface area contributed by atoms with Crippen molar-refractivity contribution in [1.29, 1.82) is 0 Å². The van der Waals surface area contributed by atoms with Crippen molar-refractivity contribution in [2.45, 2.75) is 18.8 Å². The van der Waals surface area contributed by atoms with Crippen LogP contribution in [-0.2, 0) is 0 Å². The van der Waals surface area contributed by atoms with Crippen LogP contribution in [0.1, 0.15) is 24.7 Å². The number of hydrogen-bond acceptors (Lipinski definition) is 9. The Morgan fingerprint density at radius 1 is 0.931 bits per heavy atom. The van der Waals surface area contributed by atoms with Crippen LogP contribution in [0.25, 0.3) is 11.5 Å². The van der Waals surface area contributed by atoms with E-state index in [0.29, 0.717) is 11.7 Å². The van der Waals surface area contributed by atoms with Gasteiger partial charge in [-0.1, -0.05) is 11.2 Å². The van der Waals surface area contributed by atoms with Crippen molar-refractivity contribution < 1.29 is 4.52 Å². The summed E-state index contributed by atoms with van der Waals surface area (Å²) in [6.07, 6.45) is 5.35. The van der Waals surface area contributed by atoms with Gasteiger partial charge in [0.25, 0.3) is 0 Å². The van der Waals surface area contributed by atoms with E-state index in [0.717, 1.165) is 67.9 Å². The molecule has 2 aliphatic heterocycles. The number of aromatic nitrogens is 5. The highest BCUT2D eigenvalue weighted by molar-refractivity contribution is 7.99. The third kappa shape index (κ3) is 4.05. The Hall–Kier alpha value is -2.68. The highest BCUT2D eigenvalue weighted by atomic mass is 32.2. The van der Waals surface area contributed by atoms with Crippen molar-refractivity contribution >= 4 is 23.4 Å². The van der Waals surface area contributed by atoms with Crippen LogP contribution in [-0.4, -0.2) is 62.8 Å². The fraction of sp³-hybridized carbons (Fsp3) is 0.450. The third-order valence-electron chi connectivity index (χ3n) is 5.48. The van der Waals surface area contributed by atoms with E-state index in [2.05, 4.69) is 41.0 Å². The average molecular weight is 410 g/mol. The zero-order valence-electron chi connectivity index (χ0n) is 16.1. The highest BCUT2D eigenvalue weighted by Gasteiger charge is 2.26. The largest absolute Gasteiger partial charge is 0.356 e. The molecule has 0 bridgehead atoms. The first-order valence-electron chi connectivity index (χ1n) is 10.0. The van der Waals surface area contributed by atoms with Gasteiger partial charge in [0.15, 0.2) is 0 Å². The first kappa shape index (κ1) is 18.4. The average Bonchev–Trinajstić information content (AvgIpc) is 3.31. The summed E-state index contributed by atoms with van der Waals surface area (Å²) in [6, 6.07) is 7.83. The van der Waals surface area contributed by atoms with Gasteiger partial charge in [-0.2, -0.15) is 16.7 Å². The Morgan fingerprint density at radius 3 is 2.41 bits per heavy atom. The molecule has 0 N–H and O–H groups in total. The van der Waals surface area contributed by atoms with E-state index in [9.17, 15) is 0 Å². The second-order valence-corrected chi connectivity index (χ2v) is 8.49. The molecule has 9 heteroatoms. The molecule has 29 heavy (non-hydrogen) atoms. The van der Waals surface area contributed by atoms with Gasteiger partial charge in [-0.25, -0.2) is 9.97 Å². The summed E-state index contributed by atoms with van der Waals surface area (Å²) in [7, 11) is 0. The zero-order valence-corrected chi connectivity index (χ0v) is 17.0. The lowest BCUT2D eigenvalue weighted by Gasteiger charge is -2.32. The van der Waals surface area contributed by atoms with E-state index in [1.54, 1.807) is 12.5 Å². The number of rotatable bonds is 4. The minimum Gasteiger partial charge on any atom is -0.356 e. The Bertz CT molecular complexity index is 937. The predicted molar refractivity (Wildman–Crippen MR) is 113 cm³/mol. The van der Waals surface area contributed by atoms with Crippen molar-refractivity contribution in [1.82, 2.24) is 25.1 Å². The number of thioether (sulfide) groups is 1. The van der Waals surface area contributed by atoms with Gasteiger partial charge in [-0.15, -0.1) is 0 Å². The van der Waals surface area contributed by atoms with Crippen molar-refractivity contribution in [2.24, 2.45) is 0 Å². The summed E-state index contributed by atoms with van der Waals surface area (Å²) >= 11 is 2.00. The molecule has 3 aromatic rings. The van der Waals surface area contributed by atoms with E-state index in [4.69, 9.17) is 4.52 Å². The van der Waals surface area contributed by atoms with Crippen LogP contribution >= 0.6 is 11.8 Å². The van der Waals surface area contributed by atoms with Crippen LogP contribution in [0, 0.1) is 0 Å². The number of pyridine rings is 1. The van der Waals surface area contributed by atoms with Crippen LogP contribution < -0.4 is 9.80 Å². The molecule has 0 atom stereocenters. The SMILES string of the molecule is c1ccc(-c2noc(C3CCN(c4cc(N5CCSCC5)ncn4)CC3)n2)nc1. The molecule has 3 aromatic heterocycles. The van der Waals surface area contributed by atoms with Gasteiger partial charge in [0.2, 0.25) is 11.7 Å². The van der Waals surface area contributed by atoms with E-state index in [-0.39, 0.29) is 5.92 Å². The molecule has 0 spiro atoms. The minimum absolute atomic E-state index is 0.275. The smallest absolute Gasteiger partial charge is 0.230 e. The molecule has 0 saturated carbocycles. The minimum atomic E-state index is 0.275. The van der Waals surface area contributed by atoms with Crippen molar-refractivity contribution in [3.63, 3.8) is 0 Å². The molecule has 2 aliphatic rings. The molecule has 5 heterocycles. The van der Waals surface area contributed by atoms with Gasteiger partial charge in [-0.3, -0.25) is 4.98 Å². The standard InChI is InChI=1S/C20H23N7OS/c1-2-6-21-16(3-1)19-24-20(28-25-19)15-4-7-26(8-5-15)17-13-18(23-14-22-17)27-9-11-29-12-10-27/h1-3,6,13-15H,4-5,7-12H2. The Balaban J connectivity index is 1.23. The van der Waals surface area contributed by atoms with Gasteiger partial charge in [0, 0.05) is 55.9 Å². The van der Waals surface area contributed by atoms with E-state index >= 15 is 0 Å². The summed E-state index contributed by atoms with van der Waals surface area (Å²) in [5.41, 5.74) is 0.740. The van der Waals surface area contributed by atoms with E-state index in [1.165, 1.54) is 0 Å². The molecule has 0 aromatic carbocycles. The number of nitrogens with zero attached hydrogens (tertiary/aromatic N) is 7. The second kappa shape index (κ2) is 8.36. The van der Waals surface area contributed by atoms with Gasteiger partial charge >= 0.3 is 0 Å². The van der Waals surface area contributed by atoms with Gasteiger partial charge < -0.3 is 14.3 Å². The monoisotopic (exact) mass is 409 g/mol. The summed E-state index contributed by atoms with van der Waals surface area (Å²) < 4.78 is 5.54. The molecule has 0 unspecified atom stereocenters. The van der Waals surface area contributed by atoms with Crippen molar-refractivity contribution in [2.75, 3.05) is 47.5 Å². The molecule has 5 rings (SSSR count). The fourth-order valence-corrected chi connectivity index (χ4v) is 4.73. The van der Waals surface area contributed by atoms with Crippen LogP contribution in [0.2, 0.25) is 0 Å². The quantitative estimate of drug-likeness (QED) is 0.646.